The third-order valence-corrected chi connectivity index (χ3v) is 5.70. The topological polar surface area (TPSA) is 58.6 Å². The van der Waals surface area contributed by atoms with Crippen LogP contribution in [0.2, 0.25) is 0 Å². The van der Waals surface area contributed by atoms with Crippen molar-refractivity contribution in [2.75, 3.05) is 13.2 Å². The second-order valence-electron chi connectivity index (χ2n) is 6.70. The molecule has 0 aromatic heterocycles. The number of ether oxygens (including phenoxy) is 1. The fourth-order valence-electron chi connectivity index (χ4n) is 4.85. The number of allylic oxidation sites excluding steroid dienone is 1. The fraction of sp³-hybridized carbons (Fsp3) is 0.812. The number of aliphatic hydroxyl groups is 1. The second-order valence-corrected chi connectivity index (χ2v) is 6.70. The molecular formula is C16H25NO3. The van der Waals surface area contributed by atoms with Gasteiger partial charge in [-0.2, -0.15) is 0 Å². The number of amides is 1. The minimum absolute atomic E-state index is 0.00822. The van der Waals surface area contributed by atoms with Crippen LogP contribution < -0.4 is 5.32 Å². The molecule has 2 fully saturated rings. The van der Waals surface area contributed by atoms with E-state index >= 15 is 0 Å². The van der Waals surface area contributed by atoms with E-state index in [1.54, 1.807) is 6.92 Å². The van der Waals surface area contributed by atoms with Crippen LogP contribution in [0.15, 0.2) is 12.2 Å². The highest BCUT2D eigenvalue weighted by atomic mass is 16.5. The first-order valence-electron chi connectivity index (χ1n) is 7.78. The molecule has 1 aliphatic heterocycles. The van der Waals surface area contributed by atoms with Crippen LogP contribution in [0.3, 0.4) is 0 Å². The van der Waals surface area contributed by atoms with E-state index in [0.29, 0.717) is 30.9 Å². The molecule has 0 aromatic rings. The molecule has 0 spiro atoms. The summed E-state index contributed by atoms with van der Waals surface area (Å²) in [6.45, 7) is 5.21. The molecule has 6 atom stereocenters. The third kappa shape index (κ3) is 2.01. The minimum Gasteiger partial charge on any atom is -0.390 e. The summed E-state index contributed by atoms with van der Waals surface area (Å²) >= 11 is 0. The van der Waals surface area contributed by atoms with Crippen molar-refractivity contribution >= 4 is 5.91 Å². The molecule has 0 radical (unpaired) electrons. The van der Waals surface area contributed by atoms with Gasteiger partial charge in [-0.3, -0.25) is 4.79 Å². The summed E-state index contributed by atoms with van der Waals surface area (Å²) in [4.78, 5) is 11.1. The number of hydrogen-bond donors (Lipinski definition) is 2. The van der Waals surface area contributed by atoms with Crippen molar-refractivity contribution in [3.63, 3.8) is 0 Å². The van der Waals surface area contributed by atoms with Gasteiger partial charge in [0.25, 0.3) is 0 Å². The molecule has 3 rings (SSSR count). The van der Waals surface area contributed by atoms with Gasteiger partial charge < -0.3 is 15.2 Å². The number of hydrogen-bond acceptors (Lipinski definition) is 3. The number of carbonyl (C=O) groups is 1. The Bertz CT molecular complexity index is 422. The molecular weight excluding hydrogens is 254 g/mol. The predicted molar refractivity (Wildman–Crippen MR) is 76.0 cm³/mol. The summed E-state index contributed by atoms with van der Waals surface area (Å²) in [5.41, 5.74) is 0.00822. The quantitative estimate of drug-likeness (QED) is 0.770. The Kier molecular flexibility index (Phi) is 3.63. The SMILES string of the molecule is CC(=O)NCC[C@@]12[C@@H]3C=C[C@@H](C)[C@@H]1CC[C@H](O)[C@@H]2OC3. The van der Waals surface area contributed by atoms with E-state index < -0.39 is 0 Å². The van der Waals surface area contributed by atoms with Crippen molar-refractivity contribution in [3.05, 3.63) is 12.2 Å². The lowest BCUT2D eigenvalue weighted by Crippen LogP contribution is -2.55. The Morgan fingerprint density at radius 3 is 3.00 bits per heavy atom. The highest BCUT2D eigenvalue weighted by molar-refractivity contribution is 5.72. The van der Waals surface area contributed by atoms with Crippen molar-refractivity contribution in [2.45, 2.75) is 45.3 Å². The van der Waals surface area contributed by atoms with Gasteiger partial charge in [-0.25, -0.2) is 0 Å². The Hall–Kier alpha value is -0.870. The lowest BCUT2D eigenvalue weighted by atomic mass is 9.52. The van der Waals surface area contributed by atoms with E-state index in [9.17, 15) is 9.90 Å². The van der Waals surface area contributed by atoms with Crippen molar-refractivity contribution in [1.29, 1.82) is 0 Å². The maximum Gasteiger partial charge on any atom is 0.216 e. The summed E-state index contributed by atoms with van der Waals surface area (Å²) in [6, 6.07) is 0. The van der Waals surface area contributed by atoms with E-state index in [2.05, 4.69) is 24.4 Å². The van der Waals surface area contributed by atoms with Crippen LogP contribution in [-0.2, 0) is 9.53 Å². The molecule has 1 saturated heterocycles. The summed E-state index contributed by atoms with van der Waals surface area (Å²) < 4.78 is 5.98. The van der Waals surface area contributed by atoms with Gasteiger partial charge >= 0.3 is 0 Å². The van der Waals surface area contributed by atoms with Crippen molar-refractivity contribution in [2.24, 2.45) is 23.2 Å². The van der Waals surface area contributed by atoms with Gasteiger partial charge in [-0.15, -0.1) is 0 Å². The maximum atomic E-state index is 11.1. The van der Waals surface area contributed by atoms with Gasteiger partial charge in [0.05, 0.1) is 18.8 Å². The summed E-state index contributed by atoms with van der Waals surface area (Å²) in [5, 5.41) is 13.3. The second kappa shape index (κ2) is 5.15. The van der Waals surface area contributed by atoms with Crippen LogP contribution in [0.25, 0.3) is 0 Å². The summed E-state index contributed by atoms with van der Waals surface area (Å²) in [6.07, 6.45) is 6.98. The molecule has 2 aliphatic carbocycles. The molecule has 112 valence electrons. The summed E-state index contributed by atoms with van der Waals surface area (Å²) in [5.74, 6) is 1.49. The van der Waals surface area contributed by atoms with E-state index in [-0.39, 0.29) is 23.5 Å². The lowest BCUT2D eigenvalue weighted by molar-refractivity contribution is -0.123. The van der Waals surface area contributed by atoms with Crippen LogP contribution in [0, 0.1) is 23.2 Å². The zero-order chi connectivity index (χ0) is 14.3. The number of nitrogens with one attached hydrogen (secondary N) is 1. The average Bonchev–Trinajstić information content (AvgIpc) is 2.76. The molecule has 20 heavy (non-hydrogen) atoms. The largest absolute Gasteiger partial charge is 0.390 e. The van der Waals surface area contributed by atoms with Crippen molar-refractivity contribution in [3.8, 4) is 0 Å². The first-order valence-corrected chi connectivity index (χ1v) is 7.78. The van der Waals surface area contributed by atoms with Crippen LogP contribution in [0.1, 0.15) is 33.1 Å². The Labute approximate surface area is 120 Å². The molecule has 1 amide bonds. The maximum absolute atomic E-state index is 11.1. The van der Waals surface area contributed by atoms with Crippen molar-refractivity contribution in [1.82, 2.24) is 5.32 Å². The van der Waals surface area contributed by atoms with Crippen LogP contribution in [0.4, 0.5) is 0 Å². The Balaban J connectivity index is 1.88. The number of rotatable bonds is 3. The molecule has 4 heteroatoms. The normalized spacial score (nSPS) is 46.0. The number of carbonyl (C=O) groups excluding carboxylic acids is 1. The minimum atomic E-state index is -0.354. The van der Waals surface area contributed by atoms with Crippen LogP contribution in [-0.4, -0.2) is 36.4 Å². The van der Waals surface area contributed by atoms with Gasteiger partial charge in [0.15, 0.2) is 0 Å². The smallest absolute Gasteiger partial charge is 0.216 e. The first-order chi connectivity index (χ1) is 9.55. The molecule has 2 N–H and O–H groups in total. The highest BCUT2D eigenvalue weighted by Gasteiger charge is 2.60. The standard InChI is InChI=1S/C16H25NO3/c1-10-3-4-12-9-20-15-14(19)6-5-13(10)16(12,15)7-8-17-11(2)18/h3-4,10,12-15,19H,5-9H2,1-2H3,(H,17,18)/t10-,12-,13+,14+,15+,16-/m1/s1. The van der Waals surface area contributed by atoms with Gasteiger partial charge in [-0.05, 0) is 31.1 Å². The first kappa shape index (κ1) is 14.1. The molecule has 1 heterocycles. The zero-order valence-electron chi connectivity index (χ0n) is 12.3. The molecule has 0 unspecified atom stereocenters. The van der Waals surface area contributed by atoms with Gasteiger partial charge in [0, 0.05) is 24.8 Å². The summed E-state index contributed by atoms with van der Waals surface area (Å²) in [7, 11) is 0. The molecule has 3 aliphatic rings. The van der Waals surface area contributed by atoms with E-state index in [4.69, 9.17) is 4.74 Å². The number of aliphatic hydroxyl groups excluding tert-OH is 1. The third-order valence-electron chi connectivity index (χ3n) is 5.70. The van der Waals surface area contributed by atoms with Crippen LogP contribution >= 0.6 is 0 Å². The monoisotopic (exact) mass is 279 g/mol. The lowest BCUT2D eigenvalue weighted by Gasteiger charge is -2.53. The molecule has 1 saturated carbocycles. The highest BCUT2D eigenvalue weighted by Crippen LogP contribution is 2.59. The van der Waals surface area contributed by atoms with E-state index in [1.165, 1.54) is 0 Å². The Morgan fingerprint density at radius 2 is 2.25 bits per heavy atom. The Morgan fingerprint density at radius 1 is 1.45 bits per heavy atom. The van der Waals surface area contributed by atoms with Crippen molar-refractivity contribution < 1.29 is 14.6 Å². The van der Waals surface area contributed by atoms with Gasteiger partial charge in [0.2, 0.25) is 5.91 Å². The molecule has 0 bridgehead atoms. The fourth-order valence-corrected chi connectivity index (χ4v) is 4.85. The zero-order valence-corrected chi connectivity index (χ0v) is 12.3. The van der Waals surface area contributed by atoms with E-state index in [1.807, 2.05) is 0 Å². The average molecular weight is 279 g/mol. The molecule has 0 aromatic carbocycles. The van der Waals surface area contributed by atoms with E-state index in [0.717, 1.165) is 19.3 Å². The van der Waals surface area contributed by atoms with Crippen LogP contribution in [0.5, 0.6) is 0 Å². The van der Waals surface area contributed by atoms with Gasteiger partial charge in [0.1, 0.15) is 0 Å². The van der Waals surface area contributed by atoms with Gasteiger partial charge in [-0.1, -0.05) is 19.1 Å². The molecule has 4 nitrogen and oxygen atoms in total. The predicted octanol–water partition coefficient (Wildman–Crippen LogP) is 1.49.